The van der Waals surface area contributed by atoms with Crippen molar-refractivity contribution in [3.05, 3.63) is 52.0 Å². The number of halogens is 1. The second-order valence-corrected chi connectivity index (χ2v) is 7.10. The Bertz CT molecular complexity index is 856. The molecule has 0 fully saturated rings. The van der Waals surface area contributed by atoms with Gasteiger partial charge in [0.2, 0.25) is 0 Å². The van der Waals surface area contributed by atoms with E-state index in [-0.39, 0.29) is 5.60 Å². The van der Waals surface area contributed by atoms with Gasteiger partial charge in [-0.25, -0.2) is 0 Å². The maximum absolute atomic E-state index is 6.00. The Balaban J connectivity index is 1.90. The van der Waals surface area contributed by atoms with E-state index in [1.807, 2.05) is 44.2 Å². The predicted molar refractivity (Wildman–Crippen MR) is 105 cm³/mol. The average molecular weight is 402 g/mol. The molecule has 0 saturated heterocycles. The molecule has 2 aromatic rings. The van der Waals surface area contributed by atoms with Gasteiger partial charge in [-0.15, -0.1) is 0 Å². The van der Waals surface area contributed by atoms with Gasteiger partial charge in [0.15, 0.2) is 11.5 Å². The van der Waals surface area contributed by atoms with E-state index in [2.05, 4.69) is 33.1 Å². The highest BCUT2D eigenvalue weighted by molar-refractivity contribution is 9.10. The van der Waals surface area contributed by atoms with Crippen LogP contribution in [0.1, 0.15) is 25.0 Å². The lowest BCUT2D eigenvalue weighted by molar-refractivity contribution is 0.159. The highest BCUT2D eigenvalue weighted by Crippen LogP contribution is 2.35. The Kier molecular flexibility index (Phi) is 4.86. The van der Waals surface area contributed by atoms with Gasteiger partial charge in [-0.05, 0) is 60.1 Å². The number of benzene rings is 2. The number of methoxy groups -OCH3 is 2. The van der Waals surface area contributed by atoms with Gasteiger partial charge in [-0.3, -0.25) is 4.99 Å². The normalized spacial score (nSPS) is 14.9. The first-order valence-electron chi connectivity index (χ1n) is 7.90. The van der Waals surface area contributed by atoms with Gasteiger partial charge >= 0.3 is 0 Å². The van der Waals surface area contributed by atoms with E-state index in [0.717, 1.165) is 27.0 Å². The lowest BCUT2D eigenvalue weighted by atomic mass is 10.0. The van der Waals surface area contributed by atoms with Crippen molar-refractivity contribution in [2.24, 2.45) is 4.99 Å². The standard InChI is InChI=1S/C20H20BrNO3/c1-20(2)8-7-13-5-6-15(10-17(13)25-20)22-12-14-9-18(23-3)19(24-4)11-16(14)21/h5-12H,1-4H3. The van der Waals surface area contributed by atoms with Crippen LogP contribution < -0.4 is 14.2 Å². The third-order valence-corrected chi connectivity index (χ3v) is 4.58. The predicted octanol–water partition coefficient (Wildman–Crippen LogP) is 5.40. The fourth-order valence-corrected chi connectivity index (χ4v) is 2.97. The zero-order chi connectivity index (χ0) is 18.0. The largest absolute Gasteiger partial charge is 0.493 e. The molecule has 3 rings (SSSR count). The molecule has 0 unspecified atom stereocenters. The molecular weight excluding hydrogens is 382 g/mol. The van der Waals surface area contributed by atoms with Crippen LogP contribution in [0.2, 0.25) is 0 Å². The molecule has 0 bridgehead atoms. The van der Waals surface area contributed by atoms with Gasteiger partial charge in [0, 0.05) is 27.9 Å². The van der Waals surface area contributed by atoms with Crippen LogP contribution >= 0.6 is 15.9 Å². The SMILES string of the molecule is COc1cc(Br)c(C=Nc2ccc3c(c2)OC(C)(C)C=C3)cc1OC. The zero-order valence-corrected chi connectivity index (χ0v) is 16.3. The number of aliphatic imine (C=N–C) groups is 1. The number of hydrogen-bond acceptors (Lipinski definition) is 4. The van der Waals surface area contributed by atoms with Crippen LogP contribution in [0, 0.1) is 0 Å². The summed E-state index contributed by atoms with van der Waals surface area (Å²) in [5.74, 6) is 2.17. The van der Waals surface area contributed by atoms with E-state index in [1.54, 1.807) is 20.4 Å². The molecule has 0 radical (unpaired) electrons. The van der Waals surface area contributed by atoms with E-state index in [9.17, 15) is 0 Å². The van der Waals surface area contributed by atoms with Crippen molar-refractivity contribution in [1.82, 2.24) is 0 Å². The number of nitrogens with zero attached hydrogens (tertiary/aromatic N) is 1. The molecule has 2 aromatic carbocycles. The summed E-state index contributed by atoms with van der Waals surface area (Å²) >= 11 is 3.54. The van der Waals surface area contributed by atoms with Crippen LogP contribution in [-0.2, 0) is 0 Å². The van der Waals surface area contributed by atoms with Crippen molar-refractivity contribution in [2.45, 2.75) is 19.4 Å². The number of fused-ring (bicyclic) bond motifs is 1. The Hall–Kier alpha value is -2.27. The maximum atomic E-state index is 6.00. The summed E-state index contributed by atoms with van der Waals surface area (Å²) in [6.45, 7) is 4.06. The van der Waals surface area contributed by atoms with Gasteiger partial charge in [0.1, 0.15) is 11.4 Å². The second-order valence-electron chi connectivity index (χ2n) is 6.25. The van der Waals surface area contributed by atoms with E-state index >= 15 is 0 Å². The van der Waals surface area contributed by atoms with Gasteiger partial charge in [0.25, 0.3) is 0 Å². The smallest absolute Gasteiger partial charge is 0.161 e. The molecule has 1 heterocycles. The van der Waals surface area contributed by atoms with Gasteiger partial charge in [-0.1, -0.05) is 6.08 Å². The third kappa shape index (κ3) is 3.87. The van der Waals surface area contributed by atoms with Crippen LogP contribution in [0.5, 0.6) is 17.2 Å². The van der Waals surface area contributed by atoms with Crippen molar-refractivity contribution in [1.29, 1.82) is 0 Å². The molecule has 0 atom stereocenters. The topological polar surface area (TPSA) is 40.0 Å². The summed E-state index contributed by atoms with van der Waals surface area (Å²) in [4.78, 5) is 4.57. The highest BCUT2D eigenvalue weighted by Gasteiger charge is 2.21. The summed E-state index contributed by atoms with van der Waals surface area (Å²) < 4.78 is 17.5. The molecule has 1 aliphatic rings. The van der Waals surface area contributed by atoms with E-state index < -0.39 is 0 Å². The number of hydrogen-bond donors (Lipinski definition) is 0. The summed E-state index contributed by atoms with van der Waals surface area (Å²) in [5.41, 5.74) is 2.48. The van der Waals surface area contributed by atoms with Crippen LogP contribution in [0.4, 0.5) is 5.69 Å². The van der Waals surface area contributed by atoms with Crippen LogP contribution in [0.25, 0.3) is 6.08 Å². The molecule has 1 aliphatic heterocycles. The van der Waals surface area contributed by atoms with Gasteiger partial charge < -0.3 is 14.2 Å². The van der Waals surface area contributed by atoms with Gasteiger partial charge in [0.05, 0.1) is 19.9 Å². The summed E-state index contributed by atoms with van der Waals surface area (Å²) in [6, 6.07) is 9.68. The quantitative estimate of drug-likeness (QED) is 0.643. The molecule has 0 aromatic heterocycles. The fourth-order valence-electron chi connectivity index (χ4n) is 2.55. The average Bonchev–Trinajstić information content (AvgIpc) is 2.59. The molecule has 25 heavy (non-hydrogen) atoms. The van der Waals surface area contributed by atoms with Crippen LogP contribution in [0.3, 0.4) is 0 Å². The summed E-state index contributed by atoms with van der Waals surface area (Å²) in [7, 11) is 3.23. The molecule has 0 spiro atoms. The maximum Gasteiger partial charge on any atom is 0.161 e. The van der Waals surface area contributed by atoms with Crippen molar-refractivity contribution in [3.63, 3.8) is 0 Å². The molecule has 4 nitrogen and oxygen atoms in total. The Morgan fingerprint density at radius 3 is 2.52 bits per heavy atom. The first kappa shape index (κ1) is 17.5. The minimum atomic E-state index is -0.304. The first-order chi connectivity index (χ1) is 11.9. The Labute approximate surface area is 156 Å². The Morgan fingerprint density at radius 2 is 1.80 bits per heavy atom. The molecule has 0 amide bonds. The molecular formula is C20H20BrNO3. The first-order valence-corrected chi connectivity index (χ1v) is 8.69. The van der Waals surface area contributed by atoms with Crippen molar-refractivity contribution >= 4 is 33.9 Å². The molecule has 0 saturated carbocycles. The zero-order valence-electron chi connectivity index (χ0n) is 14.7. The molecule has 0 aliphatic carbocycles. The summed E-state index contributed by atoms with van der Waals surface area (Å²) in [5, 5.41) is 0. The molecule has 0 N–H and O–H groups in total. The number of rotatable bonds is 4. The molecule has 130 valence electrons. The van der Waals surface area contributed by atoms with Crippen LogP contribution in [0.15, 0.2) is 45.9 Å². The van der Waals surface area contributed by atoms with E-state index in [4.69, 9.17) is 14.2 Å². The van der Waals surface area contributed by atoms with Crippen LogP contribution in [-0.4, -0.2) is 26.0 Å². The third-order valence-electron chi connectivity index (χ3n) is 3.89. The van der Waals surface area contributed by atoms with Crippen molar-refractivity contribution < 1.29 is 14.2 Å². The lowest BCUT2D eigenvalue weighted by Crippen LogP contribution is -2.27. The second kappa shape index (κ2) is 6.92. The van der Waals surface area contributed by atoms with E-state index in [0.29, 0.717) is 11.5 Å². The minimum Gasteiger partial charge on any atom is -0.493 e. The lowest BCUT2D eigenvalue weighted by Gasteiger charge is -2.27. The van der Waals surface area contributed by atoms with Crippen molar-refractivity contribution in [2.75, 3.05) is 14.2 Å². The molecule has 5 heteroatoms. The van der Waals surface area contributed by atoms with Crippen molar-refractivity contribution in [3.8, 4) is 17.2 Å². The fraction of sp³-hybridized carbons (Fsp3) is 0.250. The number of ether oxygens (including phenoxy) is 3. The Morgan fingerprint density at radius 1 is 1.08 bits per heavy atom. The monoisotopic (exact) mass is 401 g/mol. The summed E-state index contributed by atoms with van der Waals surface area (Å²) in [6.07, 6.45) is 5.92. The minimum absolute atomic E-state index is 0.304. The van der Waals surface area contributed by atoms with E-state index in [1.165, 1.54) is 0 Å². The highest BCUT2D eigenvalue weighted by atomic mass is 79.9. The van der Waals surface area contributed by atoms with Gasteiger partial charge in [-0.2, -0.15) is 0 Å².